The lowest BCUT2D eigenvalue weighted by molar-refractivity contribution is -0.127. The molecule has 1 atom stereocenters. The van der Waals surface area contributed by atoms with Gasteiger partial charge in [-0.1, -0.05) is 12.1 Å². The highest BCUT2D eigenvalue weighted by molar-refractivity contribution is 7.98. The van der Waals surface area contributed by atoms with Crippen molar-refractivity contribution in [3.63, 3.8) is 0 Å². The van der Waals surface area contributed by atoms with Crippen LogP contribution in [0.5, 0.6) is 5.75 Å². The molecule has 0 aliphatic carbocycles. The smallest absolute Gasteiger partial charge is 0.243 e. The van der Waals surface area contributed by atoms with E-state index in [1.807, 2.05) is 12.1 Å². The maximum absolute atomic E-state index is 12.0. The fourth-order valence-electron chi connectivity index (χ4n) is 3.29. The van der Waals surface area contributed by atoms with Gasteiger partial charge in [0, 0.05) is 32.9 Å². The molecular formula is C21H35N5O2S. The molecule has 0 aromatic heterocycles. The molecule has 1 heterocycles. The van der Waals surface area contributed by atoms with Crippen LogP contribution in [0.3, 0.4) is 0 Å². The summed E-state index contributed by atoms with van der Waals surface area (Å²) in [6.07, 6.45) is 4.53. The van der Waals surface area contributed by atoms with Crippen LogP contribution in [0.2, 0.25) is 0 Å². The summed E-state index contributed by atoms with van der Waals surface area (Å²) in [7, 11) is 5.20. The van der Waals surface area contributed by atoms with E-state index in [-0.39, 0.29) is 18.5 Å². The van der Waals surface area contributed by atoms with Crippen LogP contribution in [0, 0.1) is 0 Å². The molecule has 29 heavy (non-hydrogen) atoms. The molecular weight excluding hydrogens is 386 g/mol. The fourth-order valence-corrected chi connectivity index (χ4v) is 3.59. The van der Waals surface area contributed by atoms with Crippen LogP contribution in [0.1, 0.15) is 24.4 Å². The minimum atomic E-state index is -0.0140. The molecule has 1 aromatic rings. The number of hydrogen-bond acceptors (Lipinski definition) is 5. The van der Waals surface area contributed by atoms with Gasteiger partial charge < -0.3 is 20.3 Å². The molecule has 7 nitrogen and oxygen atoms in total. The zero-order chi connectivity index (χ0) is 21.1. The Labute approximate surface area is 179 Å². The Hall–Kier alpha value is -1.93. The number of thioether (sulfide) groups is 1. The standard InChI is InChI=1S/C21H35N5O2S/c1-25(2)20(27)16-24-21(22-10-13-29-4)23-15-19(26-11-5-6-12-26)17-8-7-9-18(14-17)28-3/h7-9,14,19H,5-6,10-13,15-16H2,1-4H3,(H2,22,23,24). The van der Waals surface area contributed by atoms with Crippen LogP contribution in [0.25, 0.3) is 0 Å². The second kappa shape index (κ2) is 12.6. The number of benzene rings is 1. The van der Waals surface area contributed by atoms with Gasteiger partial charge in [-0.3, -0.25) is 9.69 Å². The summed E-state index contributed by atoms with van der Waals surface area (Å²) in [6.45, 7) is 3.84. The molecule has 0 spiro atoms. The van der Waals surface area contributed by atoms with E-state index in [0.717, 1.165) is 31.1 Å². The molecule has 1 aliphatic heterocycles. The molecule has 1 aromatic carbocycles. The summed E-state index contributed by atoms with van der Waals surface area (Å²) in [5.74, 6) is 2.52. The number of rotatable bonds is 10. The third kappa shape index (κ3) is 7.78. The predicted molar refractivity (Wildman–Crippen MR) is 122 cm³/mol. The van der Waals surface area contributed by atoms with E-state index < -0.39 is 0 Å². The number of carbonyl (C=O) groups is 1. The zero-order valence-electron chi connectivity index (χ0n) is 18.1. The molecule has 1 unspecified atom stereocenters. The predicted octanol–water partition coefficient (Wildman–Crippen LogP) is 1.82. The van der Waals surface area contributed by atoms with E-state index in [0.29, 0.717) is 12.5 Å². The van der Waals surface area contributed by atoms with Crippen molar-refractivity contribution in [1.29, 1.82) is 0 Å². The van der Waals surface area contributed by atoms with Gasteiger partial charge in [0.2, 0.25) is 5.91 Å². The molecule has 0 saturated carbocycles. The van der Waals surface area contributed by atoms with Crippen LogP contribution < -0.4 is 15.4 Å². The van der Waals surface area contributed by atoms with E-state index in [9.17, 15) is 4.79 Å². The molecule has 1 aliphatic rings. The van der Waals surface area contributed by atoms with Crippen LogP contribution >= 0.6 is 11.8 Å². The third-order valence-electron chi connectivity index (χ3n) is 4.99. The Kier molecular flexibility index (Phi) is 10.1. The zero-order valence-corrected chi connectivity index (χ0v) is 18.9. The molecule has 1 fully saturated rings. The van der Waals surface area contributed by atoms with Crippen LogP contribution in [0.4, 0.5) is 0 Å². The highest BCUT2D eigenvalue weighted by atomic mass is 32.2. The summed E-state index contributed by atoms with van der Waals surface area (Å²) in [5, 5.41) is 6.80. The molecule has 2 rings (SSSR count). The van der Waals surface area contributed by atoms with Gasteiger partial charge in [-0.2, -0.15) is 11.8 Å². The van der Waals surface area contributed by atoms with Crippen molar-refractivity contribution in [2.75, 3.05) is 65.9 Å². The first-order valence-corrected chi connectivity index (χ1v) is 11.5. The number of nitrogens with one attached hydrogen (secondary N) is 2. The van der Waals surface area contributed by atoms with Crippen molar-refractivity contribution in [3.8, 4) is 5.75 Å². The normalized spacial score (nSPS) is 15.8. The van der Waals surface area contributed by atoms with Gasteiger partial charge in [0.1, 0.15) is 12.3 Å². The first kappa shape index (κ1) is 23.3. The second-order valence-corrected chi connectivity index (χ2v) is 8.27. The van der Waals surface area contributed by atoms with Gasteiger partial charge in [0.15, 0.2) is 5.96 Å². The van der Waals surface area contributed by atoms with E-state index in [1.165, 1.54) is 18.4 Å². The largest absolute Gasteiger partial charge is 0.497 e. The number of nitrogens with zero attached hydrogens (tertiary/aromatic N) is 3. The van der Waals surface area contributed by atoms with Crippen molar-refractivity contribution >= 4 is 23.6 Å². The van der Waals surface area contributed by atoms with Crippen molar-refractivity contribution in [3.05, 3.63) is 29.8 Å². The molecule has 1 saturated heterocycles. The van der Waals surface area contributed by atoms with Gasteiger partial charge in [-0.25, -0.2) is 4.99 Å². The summed E-state index contributed by atoms with van der Waals surface area (Å²) in [6, 6.07) is 8.50. The lowest BCUT2D eigenvalue weighted by atomic mass is 10.1. The minimum Gasteiger partial charge on any atom is -0.497 e. The fraction of sp³-hybridized carbons (Fsp3) is 0.619. The first-order chi connectivity index (χ1) is 14.0. The van der Waals surface area contributed by atoms with Crippen molar-refractivity contribution in [1.82, 2.24) is 20.4 Å². The quantitative estimate of drug-likeness (QED) is 0.341. The van der Waals surface area contributed by atoms with Crippen LogP contribution in [-0.4, -0.2) is 87.6 Å². The van der Waals surface area contributed by atoms with Crippen LogP contribution in [0.15, 0.2) is 29.3 Å². The maximum atomic E-state index is 12.0. The number of aliphatic imine (C=N–C) groups is 1. The Morgan fingerprint density at radius 1 is 1.31 bits per heavy atom. The van der Waals surface area contributed by atoms with E-state index in [4.69, 9.17) is 4.74 Å². The Morgan fingerprint density at radius 3 is 2.72 bits per heavy atom. The summed E-state index contributed by atoms with van der Waals surface area (Å²) in [5.41, 5.74) is 1.23. The average molecular weight is 422 g/mol. The summed E-state index contributed by atoms with van der Waals surface area (Å²) in [4.78, 5) is 20.5. The second-order valence-electron chi connectivity index (χ2n) is 7.29. The molecule has 0 bridgehead atoms. The van der Waals surface area contributed by atoms with Crippen molar-refractivity contribution in [2.45, 2.75) is 18.9 Å². The Balaban J connectivity index is 2.10. The highest BCUT2D eigenvalue weighted by Crippen LogP contribution is 2.27. The van der Waals surface area contributed by atoms with E-state index in [2.05, 4.69) is 38.9 Å². The van der Waals surface area contributed by atoms with Crippen molar-refractivity contribution < 1.29 is 9.53 Å². The van der Waals surface area contributed by atoms with E-state index in [1.54, 1.807) is 37.9 Å². The highest BCUT2D eigenvalue weighted by Gasteiger charge is 2.24. The number of likely N-dealkylation sites (N-methyl/N-ethyl adjacent to an activating group) is 1. The Morgan fingerprint density at radius 2 is 2.07 bits per heavy atom. The lowest BCUT2D eigenvalue weighted by Gasteiger charge is -2.29. The van der Waals surface area contributed by atoms with Gasteiger partial charge in [0.05, 0.1) is 13.2 Å². The van der Waals surface area contributed by atoms with Gasteiger partial charge in [-0.05, 0) is 49.9 Å². The Bertz CT molecular complexity index is 662. The van der Waals surface area contributed by atoms with Gasteiger partial charge in [0.25, 0.3) is 0 Å². The van der Waals surface area contributed by atoms with Gasteiger partial charge in [-0.15, -0.1) is 0 Å². The van der Waals surface area contributed by atoms with Gasteiger partial charge >= 0.3 is 0 Å². The van der Waals surface area contributed by atoms with Crippen molar-refractivity contribution in [2.24, 2.45) is 4.99 Å². The number of carbonyl (C=O) groups excluding carboxylic acids is 1. The number of amides is 1. The van der Waals surface area contributed by atoms with E-state index >= 15 is 0 Å². The van der Waals surface area contributed by atoms with Crippen LogP contribution in [-0.2, 0) is 4.79 Å². The number of methoxy groups -OCH3 is 1. The summed E-state index contributed by atoms with van der Waals surface area (Å²) >= 11 is 1.78. The lowest BCUT2D eigenvalue weighted by Crippen LogP contribution is -2.44. The molecule has 8 heteroatoms. The third-order valence-corrected chi connectivity index (χ3v) is 5.61. The maximum Gasteiger partial charge on any atom is 0.243 e. The molecule has 0 radical (unpaired) electrons. The number of guanidine groups is 1. The number of hydrogen-bond donors (Lipinski definition) is 2. The molecule has 162 valence electrons. The monoisotopic (exact) mass is 421 g/mol. The SMILES string of the molecule is COc1cccc(C(CNC(=NCC(=O)N(C)C)NCCSC)N2CCCC2)c1. The molecule has 2 N–H and O–H groups in total. The number of likely N-dealkylation sites (tertiary alicyclic amines) is 1. The number of ether oxygens (including phenoxy) is 1. The summed E-state index contributed by atoms with van der Waals surface area (Å²) < 4.78 is 5.43. The average Bonchev–Trinajstić information content (AvgIpc) is 3.26. The minimum absolute atomic E-state index is 0.0140. The first-order valence-electron chi connectivity index (χ1n) is 10.1. The molecule has 1 amide bonds. The topological polar surface area (TPSA) is 69.2 Å².